The fraction of sp³-hybridized carbons (Fsp3) is 0.556. The molecular weight excluding hydrogens is 472 g/mol. The molecule has 2 aliphatic rings. The summed E-state index contributed by atoms with van der Waals surface area (Å²) in [5.74, 6) is 1.66. The van der Waals surface area contributed by atoms with Crippen molar-refractivity contribution in [2.75, 3.05) is 32.9 Å². The zero-order valence-corrected chi connectivity index (χ0v) is 22.7. The summed E-state index contributed by atoms with van der Waals surface area (Å²) < 4.78 is 27.1. The van der Waals surface area contributed by atoms with Crippen molar-refractivity contribution in [3.63, 3.8) is 0 Å². The number of nitrogens with one attached hydrogen (secondary N) is 1. The van der Waals surface area contributed by atoms with Gasteiger partial charge in [0.05, 0.1) is 17.6 Å². The number of amidine groups is 1. The standard InChI is InChI=1S/C27H38N6O2S/c1-20(2)19-36(34,35)33-15-7-9-21(18-33)8-5-6-10-22-11-12-26(32(3)4)29-16-23(22)25-17-30-27-24(31-25)13-14-28-27/h12-14,16-17,20-21H,5-10,15,18-19H2,1-4H3,(H,28,30)/t21-/m0/s1. The first-order chi connectivity index (χ1) is 17.2. The summed E-state index contributed by atoms with van der Waals surface area (Å²) in [5, 5.41) is 0. The molecule has 0 saturated carbocycles. The quantitative estimate of drug-likeness (QED) is 0.393. The predicted molar refractivity (Wildman–Crippen MR) is 146 cm³/mol. The fourth-order valence-electron chi connectivity index (χ4n) is 4.88. The Morgan fingerprint density at radius 2 is 2.11 bits per heavy atom. The first kappa shape index (κ1) is 26.3. The average molecular weight is 511 g/mol. The van der Waals surface area contributed by atoms with Crippen molar-refractivity contribution < 1.29 is 8.42 Å². The number of H-pyrrole nitrogens is 1. The maximum absolute atomic E-state index is 12.7. The zero-order chi connectivity index (χ0) is 25.7. The van der Waals surface area contributed by atoms with Gasteiger partial charge in [0.2, 0.25) is 10.0 Å². The molecule has 2 aliphatic heterocycles. The van der Waals surface area contributed by atoms with Gasteiger partial charge in [-0.15, -0.1) is 5.73 Å². The van der Waals surface area contributed by atoms with Gasteiger partial charge in [0.1, 0.15) is 11.4 Å². The highest BCUT2D eigenvalue weighted by molar-refractivity contribution is 7.89. The van der Waals surface area contributed by atoms with Crippen LogP contribution < -0.4 is 0 Å². The van der Waals surface area contributed by atoms with Gasteiger partial charge < -0.3 is 9.88 Å². The van der Waals surface area contributed by atoms with Gasteiger partial charge in [-0.2, -0.15) is 0 Å². The van der Waals surface area contributed by atoms with E-state index in [1.54, 1.807) is 10.5 Å². The number of aromatic amines is 1. The Morgan fingerprint density at radius 1 is 1.28 bits per heavy atom. The first-order valence-electron chi connectivity index (χ1n) is 12.9. The van der Waals surface area contributed by atoms with E-state index in [1.165, 1.54) is 0 Å². The third-order valence-corrected chi connectivity index (χ3v) is 8.94. The second-order valence-electron chi connectivity index (χ2n) is 10.4. The van der Waals surface area contributed by atoms with Crippen molar-refractivity contribution in [3.05, 3.63) is 47.7 Å². The molecule has 0 unspecified atom stereocenters. The van der Waals surface area contributed by atoms with Gasteiger partial charge in [-0.3, -0.25) is 0 Å². The van der Waals surface area contributed by atoms with Gasteiger partial charge in [0.25, 0.3) is 0 Å². The lowest BCUT2D eigenvalue weighted by atomic mass is 9.92. The Bertz CT molecular complexity index is 1300. The van der Waals surface area contributed by atoms with Crippen LogP contribution >= 0.6 is 0 Å². The van der Waals surface area contributed by atoms with Crippen molar-refractivity contribution in [1.29, 1.82) is 0 Å². The van der Waals surface area contributed by atoms with E-state index in [1.807, 2.05) is 57.4 Å². The minimum Gasteiger partial charge on any atom is -0.362 e. The van der Waals surface area contributed by atoms with Crippen LogP contribution in [0.3, 0.4) is 0 Å². The third-order valence-electron chi connectivity index (χ3n) is 6.73. The Hall–Kier alpha value is -2.74. The van der Waals surface area contributed by atoms with Crippen LogP contribution in [0.25, 0.3) is 16.7 Å². The van der Waals surface area contributed by atoms with E-state index in [0.29, 0.717) is 19.0 Å². The van der Waals surface area contributed by atoms with Gasteiger partial charge in [0, 0.05) is 56.8 Å². The van der Waals surface area contributed by atoms with Gasteiger partial charge in [-0.25, -0.2) is 27.7 Å². The summed E-state index contributed by atoms with van der Waals surface area (Å²) in [5.41, 5.74) is 7.88. The number of allylic oxidation sites excluding steroid dienone is 1. The minimum atomic E-state index is -3.15. The molecule has 1 fully saturated rings. The fourth-order valence-corrected chi connectivity index (χ4v) is 6.78. The van der Waals surface area contributed by atoms with Crippen LogP contribution in [0.1, 0.15) is 58.1 Å². The molecule has 0 amide bonds. The normalized spacial score (nSPS) is 19.2. The summed E-state index contributed by atoms with van der Waals surface area (Å²) in [6, 6.07) is 1.92. The predicted octanol–water partition coefficient (Wildman–Crippen LogP) is 4.61. The van der Waals surface area contributed by atoms with Gasteiger partial charge in [-0.05, 0) is 50.0 Å². The van der Waals surface area contributed by atoms with Crippen molar-refractivity contribution >= 4 is 32.6 Å². The van der Waals surface area contributed by atoms with Crippen LogP contribution in [0, 0.1) is 11.8 Å². The van der Waals surface area contributed by atoms with E-state index >= 15 is 0 Å². The van der Waals surface area contributed by atoms with Crippen LogP contribution in [0.2, 0.25) is 0 Å². The molecule has 1 saturated heterocycles. The number of piperidine rings is 1. The van der Waals surface area contributed by atoms with Crippen molar-refractivity contribution in [2.24, 2.45) is 16.8 Å². The topological polar surface area (TPSA) is 94.5 Å². The maximum Gasteiger partial charge on any atom is 0.214 e. The Labute approximate surface area is 215 Å². The highest BCUT2D eigenvalue weighted by Gasteiger charge is 2.29. The molecule has 0 spiro atoms. The van der Waals surface area contributed by atoms with Gasteiger partial charge >= 0.3 is 0 Å². The lowest BCUT2D eigenvalue weighted by Gasteiger charge is -2.32. The summed E-state index contributed by atoms with van der Waals surface area (Å²) in [7, 11) is 0.783. The lowest BCUT2D eigenvalue weighted by Crippen LogP contribution is -2.41. The van der Waals surface area contributed by atoms with E-state index in [0.717, 1.165) is 72.4 Å². The van der Waals surface area contributed by atoms with Crippen LogP contribution in [0.5, 0.6) is 0 Å². The summed E-state index contributed by atoms with van der Waals surface area (Å²) in [6.07, 6.45) is 13.4. The summed E-state index contributed by atoms with van der Waals surface area (Å²) in [6.45, 7) is 5.26. The van der Waals surface area contributed by atoms with E-state index in [2.05, 4.69) is 20.7 Å². The molecule has 1 N–H and O–H groups in total. The van der Waals surface area contributed by atoms with E-state index in [4.69, 9.17) is 4.98 Å². The van der Waals surface area contributed by atoms with Crippen molar-refractivity contribution in [2.45, 2.75) is 52.4 Å². The number of unbranched alkanes of at least 4 members (excludes halogenated alkanes) is 1. The molecule has 0 aromatic carbocycles. The van der Waals surface area contributed by atoms with Crippen LogP contribution in [0.4, 0.5) is 0 Å². The molecule has 2 aromatic rings. The molecule has 0 aliphatic carbocycles. The van der Waals surface area contributed by atoms with Crippen molar-refractivity contribution in [3.8, 4) is 0 Å². The lowest BCUT2D eigenvalue weighted by molar-refractivity contribution is 0.251. The van der Waals surface area contributed by atoms with E-state index in [9.17, 15) is 8.42 Å². The third kappa shape index (κ3) is 6.52. The Kier molecular flexibility index (Phi) is 8.44. The smallest absolute Gasteiger partial charge is 0.214 e. The number of nitrogens with zero attached hydrogens (tertiary/aromatic N) is 5. The number of rotatable bonds is 9. The first-order valence-corrected chi connectivity index (χ1v) is 14.5. The van der Waals surface area contributed by atoms with Crippen molar-refractivity contribution in [1.82, 2.24) is 24.2 Å². The Morgan fingerprint density at radius 3 is 2.89 bits per heavy atom. The van der Waals surface area contributed by atoms with Crippen LogP contribution in [-0.4, -0.2) is 71.3 Å². The zero-order valence-electron chi connectivity index (χ0n) is 21.9. The maximum atomic E-state index is 12.7. The van der Waals surface area contributed by atoms with E-state index in [-0.39, 0.29) is 11.7 Å². The second-order valence-corrected chi connectivity index (χ2v) is 12.5. The average Bonchev–Trinajstić information content (AvgIpc) is 3.19. The Balaban J connectivity index is 1.40. The monoisotopic (exact) mass is 510 g/mol. The summed E-state index contributed by atoms with van der Waals surface area (Å²) in [4.78, 5) is 19.0. The number of aromatic nitrogens is 3. The minimum absolute atomic E-state index is 0.151. The summed E-state index contributed by atoms with van der Waals surface area (Å²) >= 11 is 0. The number of hydrogen-bond donors (Lipinski definition) is 1. The molecule has 194 valence electrons. The molecule has 4 rings (SSSR count). The van der Waals surface area contributed by atoms with Crippen LogP contribution in [-0.2, 0) is 10.0 Å². The largest absolute Gasteiger partial charge is 0.362 e. The molecule has 36 heavy (non-hydrogen) atoms. The SMILES string of the molecule is CC(C)CS(=O)(=O)N1CCC[C@H](CCCCC2=C=CC(N(C)C)=NC=C2c2cnc3[nH]ccc3n2)C1. The number of sulfonamides is 1. The number of aliphatic imine (C=N–C) groups is 1. The molecule has 8 nitrogen and oxygen atoms in total. The van der Waals surface area contributed by atoms with E-state index < -0.39 is 10.0 Å². The molecule has 0 radical (unpaired) electrons. The highest BCUT2D eigenvalue weighted by atomic mass is 32.2. The molecule has 4 heterocycles. The molecule has 2 aromatic heterocycles. The molecular formula is C27H38N6O2S. The van der Waals surface area contributed by atoms with Crippen LogP contribution in [0.15, 0.2) is 47.0 Å². The molecule has 1 atom stereocenters. The highest BCUT2D eigenvalue weighted by Crippen LogP contribution is 2.29. The van der Waals surface area contributed by atoms with Gasteiger partial charge in [0.15, 0.2) is 5.65 Å². The molecule has 0 bridgehead atoms. The number of hydrogen-bond acceptors (Lipinski definition) is 6. The number of fused-ring (bicyclic) bond motifs is 1. The molecule has 9 heteroatoms. The van der Waals surface area contributed by atoms with Gasteiger partial charge in [-0.1, -0.05) is 20.3 Å². The second kappa shape index (κ2) is 11.5. The number of likely N-dealkylation sites (N-methyl/N-ethyl adjacent to an activating group) is 1.